The molecule has 17 heavy (non-hydrogen) atoms. The van der Waals surface area contributed by atoms with E-state index in [9.17, 15) is 5.11 Å². The molecular weight excluding hydrogens is 216 g/mol. The largest absolute Gasteiger partial charge is 0.392 e. The highest BCUT2D eigenvalue weighted by Gasteiger charge is 2.20. The Morgan fingerprint density at radius 2 is 1.94 bits per heavy atom. The maximum absolute atomic E-state index is 9.91. The first-order valence-electron chi connectivity index (χ1n) is 6.84. The van der Waals surface area contributed by atoms with E-state index >= 15 is 0 Å². The smallest absolute Gasteiger partial charge is 0.0693 e. The van der Waals surface area contributed by atoms with Gasteiger partial charge in [-0.1, -0.05) is 19.3 Å². The Balaban J connectivity index is 2.00. The Hall–Kier alpha value is -0.160. The van der Waals surface area contributed by atoms with Crippen molar-refractivity contribution in [3.05, 3.63) is 0 Å². The van der Waals surface area contributed by atoms with Gasteiger partial charge >= 0.3 is 0 Å². The quantitative estimate of drug-likeness (QED) is 0.515. The molecule has 0 radical (unpaired) electrons. The molecule has 0 amide bonds. The van der Waals surface area contributed by atoms with E-state index in [1.54, 1.807) is 0 Å². The van der Waals surface area contributed by atoms with Crippen LogP contribution in [0, 0.1) is 0 Å². The molecule has 0 spiro atoms. The van der Waals surface area contributed by atoms with E-state index in [0.717, 1.165) is 39.1 Å². The number of nitrogens with one attached hydrogen (secondary N) is 1. The molecule has 2 unspecified atom stereocenters. The number of ether oxygens (including phenoxy) is 1. The molecule has 102 valence electrons. The van der Waals surface area contributed by atoms with Gasteiger partial charge in [0.15, 0.2) is 0 Å². The number of aliphatic hydroxyl groups is 1. The minimum atomic E-state index is -0.167. The number of nitrogens with zero attached hydrogens (tertiary/aromatic N) is 1. The number of hydrogen-bond acceptors (Lipinski definition) is 4. The van der Waals surface area contributed by atoms with Crippen molar-refractivity contribution in [2.45, 2.75) is 44.2 Å². The summed E-state index contributed by atoms with van der Waals surface area (Å²) >= 11 is 0. The van der Waals surface area contributed by atoms with Gasteiger partial charge in [0, 0.05) is 19.1 Å². The normalized spacial score (nSPS) is 26.1. The van der Waals surface area contributed by atoms with Crippen molar-refractivity contribution in [2.75, 3.05) is 40.4 Å². The summed E-state index contributed by atoms with van der Waals surface area (Å²) in [7, 11) is 4.09. The summed E-state index contributed by atoms with van der Waals surface area (Å²) in [6.07, 6.45) is 5.53. The van der Waals surface area contributed by atoms with Crippen molar-refractivity contribution < 1.29 is 9.84 Å². The lowest BCUT2D eigenvalue weighted by Crippen LogP contribution is -2.40. The molecule has 0 aliphatic heterocycles. The highest BCUT2D eigenvalue weighted by Crippen LogP contribution is 2.17. The molecule has 1 saturated carbocycles. The summed E-state index contributed by atoms with van der Waals surface area (Å²) in [6, 6.07) is 0.273. The van der Waals surface area contributed by atoms with Crippen LogP contribution < -0.4 is 5.32 Å². The molecule has 1 rings (SSSR count). The van der Waals surface area contributed by atoms with Crippen LogP contribution >= 0.6 is 0 Å². The average Bonchev–Trinajstić information content (AvgIpc) is 2.48. The van der Waals surface area contributed by atoms with Crippen molar-refractivity contribution >= 4 is 0 Å². The lowest BCUT2D eigenvalue weighted by Gasteiger charge is -2.21. The predicted octanol–water partition coefficient (Wildman–Crippen LogP) is 0.848. The maximum atomic E-state index is 9.91. The van der Waals surface area contributed by atoms with Gasteiger partial charge in [-0.2, -0.15) is 0 Å². The highest BCUT2D eigenvalue weighted by atomic mass is 16.5. The van der Waals surface area contributed by atoms with E-state index in [4.69, 9.17) is 4.74 Å². The zero-order chi connectivity index (χ0) is 12.5. The SMILES string of the molecule is CN(C)CCOCCNC1CCCCCC1O. The second kappa shape index (κ2) is 8.86. The topological polar surface area (TPSA) is 44.7 Å². The molecule has 1 fully saturated rings. The Bertz CT molecular complexity index is 188. The van der Waals surface area contributed by atoms with Gasteiger partial charge < -0.3 is 20.1 Å². The van der Waals surface area contributed by atoms with Crippen LogP contribution in [-0.4, -0.2) is 62.6 Å². The van der Waals surface area contributed by atoms with Crippen LogP contribution in [0.1, 0.15) is 32.1 Å². The zero-order valence-corrected chi connectivity index (χ0v) is 11.3. The molecule has 0 aromatic heterocycles. The Labute approximate surface area is 105 Å². The lowest BCUT2D eigenvalue weighted by molar-refractivity contribution is 0.0958. The fourth-order valence-corrected chi connectivity index (χ4v) is 2.19. The highest BCUT2D eigenvalue weighted by molar-refractivity contribution is 4.78. The van der Waals surface area contributed by atoms with Crippen molar-refractivity contribution in [3.63, 3.8) is 0 Å². The van der Waals surface area contributed by atoms with Crippen LogP contribution in [0.4, 0.5) is 0 Å². The minimum absolute atomic E-state index is 0.167. The predicted molar refractivity (Wildman–Crippen MR) is 70.3 cm³/mol. The maximum Gasteiger partial charge on any atom is 0.0693 e. The van der Waals surface area contributed by atoms with Crippen LogP contribution in [0.25, 0.3) is 0 Å². The van der Waals surface area contributed by atoms with Gasteiger partial charge in [-0.25, -0.2) is 0 Å². The van der Waals surface area contributed by atoms with Crippen LogP contribution in [0.2, 0.25) is 0 Å². The molecule has 0 aromatic carbocycles. The fraction of sp³-hybridized carbons (Fsp3) is 1.00. The first-order chi connectivity index (χ1) is 8.20. The second-order valence-electron chi connectivity index (χ2n) is 5.18. The van der Waals surface area contributed by atoms with Gasteiger partial charge in [0.1, 0.15) is 0 Å². The fourth-order valence-electron chi connectivity index (χ4n) is 2.19. The Morgan fingerprint density at radius 1 is 1.18 bits per heavy atom. The standard InChI is InChI=1S/C13H28N2O2/c1-15(2)9-11-17-10-8-14-12-6-4-3-5-7-13(12)16/h12-14,16H,3-11H2,1-2H3. The van der Waals surface area contributed by atoms with E-state index in [0.29, 0.717) is 0 Å². The Morgan fingerprint density at radius 3 is 2.71 bits per heavy atom. The molecule has 1 aliphatic rings. The first kappa shape index (κ1) is 14.9. The molecule has 1 aliphatic carbocycles. The van der Waals surface area contributed by atoms with Gasteiger partial charge in [-0.05, 0) is 26.9 Å². The third-order valence-electron chi connectivity index (χ3n) is 3.32. The summed E-state index contributed by atoms with van der Waals surface area (Å²) in [5, 5.41) is 13.3. The van der Waals surface area contributed by atoms with Crippen molar-refractivity contribution in [2.24, 2.45) is 0 Å². The number of hydrogen-bond donors (Lipinski definition) is 2. The van der Waals surface area contributed by atoms with Gasteiger partial charge in [-0.3, -0.25) is 0 Å². The van der Waals surface area contributed by atoms with Gasteiger partial charge in [-0.15, -0.1) is 0 Å². The van der Waals surface area contributed by atoms with E-state index in [1.165, 1.54) is 19.3 Å². The molecule has 0 bridgehead atoms. The number of rotatable bonds is 7. The first-order valence-corrected chi connectivity index (χ1v) is 6.84. The third kappa shape index (κ3) is 6.99. The second-order valence-corrected chi connectivity index (χ2v) is 5.18. The number of likely N-dealkylation sites (N-methyl/N-ethyl adjacent to an activating group) is 1. The average molecular weight is 244 g/mol. The summed E-state index contributed by atoms with van der Waals surface area (Å²) < 4.78 is 5.52. The van der Waals surface area contributed by atoms with Crippen molar-refractivity contribution in [1.82, 2.24) is 10.2 Å². The van der Waals surface area contributed by atoms with E-state index in [1.807, 2.05) is 14.1 Å². The number of aliphatic hydroxyl groups excluding tert-OH is 1. The zero-order valence-electron chi connectivity index (χ0n) is 11.3. The summed E-state index contributed by atoms with van der Waals surface area (Å²) in [4.78, 5) is 2.11. The van der Waals surface area contributed by atoms with Gasteiger partial charge in [0.05, 0.1) is 19.3 Å². The molecule has 2 atom stereocenters. The molecular formula is C13H28N2O2. The third-order valence-corrected chi connectivity index (χ3v) is 3.32. The molecule has 2 N–H and O–H groups in total. The van der Waals surface area contributed by atoms with Crippen molar-refractivity contribution in [1.29, 1.82) is 0 Å². The molecule has 4 heteroatoms. The molecule has 0 aromatic rings. The van der Waals surface area contributed by atoms with E-state index in [2.05, 4.69) is 10.2 Å². The van der Waals surface area contributed by atoms with Crippen molar-refractivity contribution in [3.8, 4) is 0 Å². The minimum Gasteiger partial charge on any atom is -0.392 e. The van der Waals surface area contributed by atoms with E-state index < -0.39 is 0 Å². The van der Waals surface area contributed by atoms with E-state index in [-0.39, 0.29) is 12.1 Å². The van der Waals surface area contributed by atoms with Gasteiger partial charge in [0.25, 0.3) is 0 Å². The Kier molecular flexibility index (Phi) is 7.77. The molecule has 0 heterocycles. The van der Waals surface area contributed by atoms with Gasteiger partial charge in [0.2, 0.25) is 0 Å². The molecule has 4 nitrogen and oxygen atoms in total. The van der Waals surface area contributed by atoms with Crippen LogP contribution in [0.3, 0.4) is 0 Å². The lowest BCUT2D eigenvalue weighted by atomic mass is 10.1. The summed E-state index contributed by atoms with van der Waals surface area (Å²) in [6.45, 7) is 3.32. The van der Waals surface area contributed by atoms with Crippen LogP contribution in [0.5, 0.6) is 0 Å². The molecule has 0 saturated heterocycles. The monoisotopic (exact) mass is 244 g/mol. The summed E-state index contributed by atoms with van der Waals surface area (Å²) in [5.74, 6) is 0. The van der Waals surface area contributed by atoms with Crippen LogP contribution in [0.15, 0.2) is 0 Å². The summed E-state index contributed by atoms with van der Waals surface area (Å²) in [5.41, 5.74) is 0. The van der Waals surface area contributed by atoms with Crippen LogP contribution in [-0.2, 0) is 4.74 Å².